The largest absolute Gasteiger partial charge is 0.463 e. The van der Waals surface area contributed by atoms with E-state index in [1.807, 2.05) is 6.07 Å². The third-order valence-corrected chi connectivity index (χ3v) is 1.94. The second-order valence-electron chi connectivity index (χ2n) is 3.22. The van der Waals surface area contributed by atoms with Crippen LogP contribution >= 0.6 is 0 Å². The number of hydrogen-bond donors (Lipinski definition) is 1. The summed E-state index contributed by atoms with van der Waals surface area (Å²) in [6.07, 6.45) is 0.877. The molecule has 74 valence electrons. The van der Waals surface area contributed by atoms with Crippen LogP contribution in [0.3, 0.4) is 0 Å². The van der Waals surface area contributed by atoms with E-state index in [2.05, 4.69) is 0 Å². The summed E-state index contributed by atoms with van der Waals surface area (Å²) < 4.78 is 0. The Kier molecular flexibility index (Phi) is 2.37. The van der Waals surface area contributed by atoms with Gasteiger partial charge in [0.15, 0.2) is 0 Å². The van der Waals surface area contributed by atoms with Crippen LogP contribution in [0.1, 0.15) is 12.8 Å². The average molecular weight is 193 g/mol. The zero-order valence-electron chi connectivity index (χ0n) is 7.59. The maximum absolute atomic E-state index is 10.9. The number of carboxylic acid groups (broad SMARTS) is 1. The molecule has 1 N–H and O–H groups in total. The molecule has 1 saturated carbocycles. The lowest BCUT2D eigenvalue weighted by Gasteiger charge is -2.17. The van der Waals surface area contributed by atoms with Gasteiger partial charge in [0.1, 0.15) is 0 Å². The summed E-state index contributed by atoms with van der Waals surface area (Å²) in [6.45, 7) is 0. The number of para-hydroxylation sites is 1. The predicted molar refractivity (Wildman–Crippen MR) is 51.1 cm³/mol. The van der Waals surface area contributed by atoms with Crippen LogP contribution in [0.5, 0.6) is 0 Å². The third-order valence-electron chi connectivity index (χ3n) is 1.94. The lowest BCUT2D eigenvalue weighted by atomic mass is 10.3. The van der Waals surface area contributed by atoms with Crippen molar-refractivity contribution >= 4 is 11.8 Å². The van der Waals surface area contributed by atoms with Gasteiger partial charge in [-0.3, -0.25) is 4.84 Å². The van der Waals surface area contributed by atoms with Gasteiger partial charge >= 0.3 is 6.09 Å². The maximum atomic E-state index is 10.9. The van der Waals surface area contributed by atoms with Gasteiger partial charge in [0.2, 0.25) is 0 Å². The molecule has 4 nitrogen and oxygen atoms in total. The normalized spacial score (nSPS) is 15.1. The van der Waals surface area contributed by atoms with E-state index in [4.69, 9.17) is 9.94 Å². The minimum Gasteiger partial charge on any atom is -0.463 e. The monoisotopic (exact) mass is 193 g/mol. The Morgan fingerprint density at radius 2 is 2.00 bits per heavy atom. The molecule has 4 heteroatoms. The highest BCUT2D eigenvalue weighted by Crippen LogP contribution is 2.27. The van der Waals surface area contributed by atoms with E-state index in [0.29, 0.717) is 5.69 Å². The Morgan fingerprint density at radius 1 is 1.36 bits per heavy atom. The molecule has 1 aromatic rings. The zero-order valence-corrected chi connectivity index (χ0v) is 7.59. The smallest absolute Gasteiger partial charge is 0.436 e. The number of hydrogen-bond acceptors (Lipinski definition) is 2. The fourth-order valence-electron chi connectivity index (χ4n) is 1.10. The van der Waals surface area contributed by atoms with E-state index in [9.17, 15) is 4.79 Å². The van der Waals surface area contributed by atoms with Gasteiger partial charge in [0.05, 0.1) is 11.8 Å². The van der Waals surface area contributed by atoms with Crippen molar-refractivity contribution in [3.8, 4) is 0 Å². The van der Waals surface area contributed by atoms with Crippen molar-refractivity contribution in [1.82, 2.24) is 0 Å². The number of anilines is 1. The predicted octanol–water partition coefficient (Wildman–Crippen LogP) is 2.27. The lowest BCUT2D eigenvalue weighted by molar-refractivity contribution is 0.0842. The summed E-state index contributed by atoms with van der Waals surface area (Å²) >= 11 is 0. The highest BCUT2D eigenvalue weighted by molar-refractivity contribution is 5.83. The molecule has 14 heavy (non-hydrogen) atoms. The quantitative estimate of drug-likeness (QED) is 0.749. The van der Waals surface area contributed by atoms with Crippen LogP contribution in [0.2, 0.25) is 0 Å². The molecule has 0 aliphatic heterocycles. The molecule has 1 aliphatic rings. The first-order chi connectivity index (χ1) is 6.77. The van der Waals surface area contributed by atoms with Gasteiger partial charge in [-0.1, -0.05) is 18.2 Å². The number of amides is 1. The van der Waals surface area contributed by atoms with Crippen molar-refractivity contribution in [3.63, 3.8) is 0 Å². The second kappa shape index (κ2) is 3.67. The van der Waals surface area contributed by atoms with Crippen molar-refractivity contribution in [2.24, 2.45) is 0 Å². The van der Waals surface area contributed by atoms with Gasteiger partial charge < -0.3 is 5.11 Å². The van der Waals surface area contributed by atoms with Crippen LogP contribution < -0.4 is 5.06 Å². The van der Waals surface area contributed by atoms with Gasteiger partial charge in [0, 0.05) is 0 Å². The van der Waals surface area contributed by atoms with Crippen LogP contribution in [0.15, 0.2) is 30.3 Å². The Bertz CT molecular complexity index is 321. The Labute approximate surface area is 81.7 Å². The first-order valence-corrected chi connectivity index (χ1v) is 4.52. The Balaban J connectivity index is 2.13. The summed E-state index contributed by atoms with van der Waals surface area (Å²) in [5, 5.41) is 9.83. The number of carbonyl (C=O) groups is 1. The average Bonchev–Trinajstić information content (AvgIpc) is 2.99. The van der Waals surface area contributed by atoms with E-state index in [-0.39, 0.29) is 6.10 Å². The van der Waals surface area contributed by atoms with Gasteiger partial charge in [-0.05, 0) is 25.0 Å². The third kappa shape index (κ3) is 2.03. The van der Waals surface area contributed by atoms with Gasteiger partial charge in [-0.25, -0.2) is 4.79 Å². The van der Waals surface area contributed by atoms with Crippen molar-refractivity contribution < 1.29 is 14.7 Å². The van der Waals surface area contributed by atoms with Crippen molar-refractivity contribution in [2.75, 3.05) is 5.06 Å². The molecule has 1 aromatic carbocycles. The molecular weight excluding hydrogens is 182 g/mol. The van der Waals surface area contributed by atoms with Crippen molar-refractivity contribution in [3.05, 3.63) is 30.3 Å². The molecule has 2 rings (SSSR count). The first kappa shape index (κ1) is 9.02. The highest BCUT2D eigenvalue weighted by Gasteiger charge is 2.28. The van der Waals surface area contributed by atoms with E-state index in [1.54, 1.807) is 24.3 Å². The maximum Gasteiger partial charge on any atom is 0.436 e. The molecular formula is C10H11NO3. The van der Waals surface area contributed by atoms with Gasteiger partial charge in [-0.15, -0.1) is 0 Å². The fourth-order valence-corrected chi connectivity index (χ4v) is 1.10. The van der Waals surface area contributed by atoms with Crippen molar-refractivity contribution in [1.29, 1.82) is 0 Å². The molecule has 0 spiro atoms. The van der Waals surface area contributed by atoms with Crippen molar-refractivity contribution in [2.45, 2.75) is 18.9 Å². The minimum atomic E-state index is -1.08. The van der Waals surface area contributed by atoms with Crippen LogP contribution in [0, 0.1) is 0 Å². The number of benzene rings is 1. The number of rotatable bonds is 3. The van der Waals surface area contributed by atoms with Gasteiger partial charge in [-0.2, -0.15) is 5.06 Å². The molecule has 0 radical (unpaired) electrons. The topological polar surface area (TPSA) is 49.8 Å². The number of hydroxylamine groups is 1. The first-order valence-electron chi connectivity index (χ1n) is 4.52. The molecule has 1 fully saturated rings. The molecule has 0 bridgehead atoms. The Hall–Kier alpha value is -1.55. The second-order valence-corrected chi connectivity index (χ2v) is 3.22. The molecule has 1 aliphatic carbocycles. The fraction of sp³-hybridized carbons (Fsp3) is 0.300. The molecule has 0 saturated heterocycles. The van der Waals surface area contributed by atoms with E-state index in [0.717, 1.165) is 17.9 Å². The van der Waals surface area contributed by atoms with Crippen LogP contribution in [-0.2, 0) is 4.84 Å². The molecule has 0 atom stereocenters. The lowest BCUT2D eigenvalue weighted by Crippen LogP contribution is -2.30. The summed E-state index contributed by atoms with van der Waals surface area (Å²) in [4.78, 5) is 16.1. The molecule has 0 heterocycles. The standard InChI is InChI=1S/C10H11NO3/c12-10(13)11(14-9-6-7-9)8-4-2-1-3-5-8/h1-5,9H,6-7H2,(H,12,13). The summed E-state index contributed by atoms with van der Waals surface area (Å²) in [6, 6.07) is 8.80. The van der Waals surface area contributed by atoms with E-state index < -0.39 is 6.09 Å². The SMILES string of the molecule is O=C(O)N(OC1CC1)c1ccccc1. The van der Waals surface area contributed by atoms with E-state index >= 15 is 0 Å². The minimum absolute atomic E-state index is 0.0753. The van der Waals surface area contributed by atoms with Crippen LogP contribution in [0.25, 0.3) is 0 Å². The summed E-state index contributed by atoms with van der Waals surface area (Å²) in [7, 11) is 0. The number of nitrogens with zero attached hydrogens (tertiary/aromatic N) is 1. The Morgan fingerprint density at radius 3 is 2.50 bits per heavy atom. The van der Waals surface area contributed by atoms with Gasteiger partial charge in [0.25, 0.3) is 0 Å². The van der Waals surface area contributed by atoms with Crippen LogP contribution in [-0.4, -0.2) is 17.3 Å². The van der Waals surface area contributed by atoms with Crippen LogP contribution in [0.4, 0.5) is 10.5 Å². The molecule has 0 aromatic heterocycles. The summed E-state index contributed by atoms with van der Waals surface area (Å²) in [5.41, 5.74) is 0.548. The molecule has 0 unspecified atom stereocenters. The summed E-state index contributed by atoms with van der Waals surface area (Å²) in [5.74, 6) is 0. The highest BCUT2D eigenvalue weighted by atomic mass is 16.7. The van der Waals surface area contributed by atoms with E-state index in [1.165, 1.54) is 0 Å². The zero-order chi connectivity index (χ0) is 9.97. The molecule has 1 amide bonds.